The van der Waals surface area contributed by atoms with Crippen LogP contribution >= 0.6 is 0 Å². The van der Waals surface area contributed by atoms with Crippen molar-refractivity contribution in [2.24, 2.45) is 0 Å². The van der Waals surface area contributed by atoms with Gasteiger partial charge in [0.25, 0.3) is 0 Å². The molecular weight excluding hydrogens is 958 g/mol. The van der Waals surface area contributed by atoms with Crippen molar-refractivity contribution in [1.82, 2.24) is 0 Å². The molecule has 0 amide bonds. The van der Waals surface area contributed by atoms with Gasteiger partial charge in [-0.3, -0.25) is 0 Å². The maximum absolute atomic E-state index is 3.88. The van der Waals surface area contributed by atoms with Crippen molar-refractivity contribution in [3.63, 3.8) is 0 Å². The Morgan fingerprint density at radius 2 is 1.02 bits per heavy atom. The molecule has 62 heavy (non-hydrogen) atoms. The Hall–Kier alpha value is -4.01. The van der Waals surface area contributed by atoms with Crippen LogP contribution in [0.5, 0.6) is 0 Å². The predicted octanol–water partition coefficient (Wildman–Crippen LogP) is 9.89. The molecule has 0 heterocycles. The average molecular weight is 1020 g/mol. The largest absolute Gasteiger partial charge is 1.00 e. The van der Waals surface area contributed by atoms with E-state index in [9.17, 15) is 0 Å². The molecule has 0 atom stereocenters. The summed E-state index contributed by atoms with van der Waals surface area (Å²) < 4.78 is 1.50. The summed E-state index contributed by atoms with van der Waals surface area (Å²) in [5, 5.41) is 0. The normalized spacial score (nSPS) is 11.4. The molecule has 0 aliphatic heterocycles. The molecule has 0 aromatic heterocycles. The second-order valence-electron chi connectivity index (χ2n) is 18.4. The molecular formula is C59H64Cl2Hf-2. The van der Waals surface area contributed by atoms with Gasteiger partial charge in [0.2, 0.25) is 0 Å². The third-order valence-corrected chi connectivity index (χ3v) is 13.6. The van der Waals surface area contributed by atoms with E-state index in [2.05, 4.69) is 189 Å². The maximum atomic E-state index is 3.88. The van der Waals surface area contributed by atoms with Gasteiger partial charge in [0.15, 0.2) is 0 Å². The molecule has 320 valence electrons. The van der Waals surface area contributed by atoms with Gasteiger partial charge in [0.1, 0.15) is 0 Å². The number of fused-ring (bicyclic) bond motifs is 3. The molecule has 0 bridgehead atoms. The summed E-state index contributed by atoms with van der Waals surface area (Å²) in [4.78, 5) is 0. The Morgan fingerprint density at radius 1 is 0.548 bits per heavy atom. The fourth-order valence-corrected chi connectivity index (χ4v) is 9.22. The average Bonchev–Trinajstić information content (AvgIpc) is 3.97. The van der Waals surface area contributed by atoms with Crippen LogP contribution in [0.3, 0.4) is 0 Å². The molecule has 0 nitrogen and oxygen atoms in total. The van der Waals surface area contributed by atoms with E-state index in [1.807, 2.05) is 30.3 Å². The maximum Gasteiger partial charge on any atom is -0.172 e. The van der Waals surface area contributed by atoms with Crippen LogP contribution in [-0.4, -0.2) is 3.26 Å². The van der Waals surface area contributed by atoms with Crippen molar-refractivity contribution in [3.05, 3.63) is 208 Å². The van der Waals surface area contributed by atoms with Crippen LogP contribution < -0.4 is 24.8 Å². The van der Waals surface area contributed by atoms with Crippen LogP contribution in [0.2, 0.25) is 0 Å². The summed E-state index contributed by atoms with van der Waals surface area (Å²) in [6.45, 7) is 18.4. The van der Waals surface area contributed by atoms with E-state index in [4.69, 9.17) is 0 Å². The first-order chi connectivity index (χ1) is 28.9. The quantitative estimate of drug-likeness (QED) is 0.0947. The first-order valence-electron chi connectivity index (χ1n) is 22.2. The molecule has 0 spiro atoms. The zero-order chi connectivity index (χ0) is 42.7. The van der Waals surface area contributed by atoms with E-state index >= 15 is 0 Å². The van der Waals surface area contributed by atoms with Crippen LogP contribution in [0, 0.1) is 6.07 Å². The zero-order valence-corrected chi connectivity index (χ0v) is 43.3. The number of hydrogen-bond acceptors (Lipinski definition) is 0. The topological polar surface area (TPSA) is 0 Å². The molecule has 1 aliphatic rings. The molecule has 0 saturated carbocycles. The number of hydrogen-bond donors (Lipinski definition) is 0. The van der Waals surface area contributed by atoms with Gasteiger partial charge in [0, 0.05) is 0 Å². The molecule has 8 rings (SSSR count). The Labute approximate surface area is 401 Å². The number of rotatable bonds is 10. The van der Waals surface area contributed by atoms with E-state index in [1.165, 1.54) is 120 Å². The smallest absolute Gasteiger partial charge is 0.172 e. The van der Waals surface area contributed by atoms with Gasteiger partial charge >= 0.3 is 150 Å². The van der Waals surface area contributed by atoms with E-state index in [0.717, 1.165) is 30.3 Å². The van der Waals surface area contributed by atoms with Crippen LogP contribution in [-0.2, 0) is 54.0 Å². The van der Waals surface area contributed by atoms with Crippen molar-refractivity contribution < 1.29 is 48.7 Å². The SMILES string of the molecule is CC(C)(C)c1cc2c([c-]c1-c1ccccc1)Cc1cc(-c3ccccc3)c(C(C)(C)C)cc1-2.CCCCc1ccc([C](=[Hf+2])c2ccc(CCCC)cc2)cc1.[Cl-].[Cl-].c1cc[cH-]c1. The van der Waals surface area contributed by atoms with Gasteiger partial charge in [-0.2, -0.15) is 18.2 Å². The molecule has 7 aromatic rings. The Bertz CT molecular complexity index is 2240. The minimum atomic E-state index is 0. The number of aryl methyl sites for hydroxylation is 2. The van der Waals surface area contributed by atoms with Crippen molar-refractivity contribution in [3.8, 4) is 33.4 Å². The van der Waals surface area contributed by atoms with Crippen LogP contribution in [0.4, 0.5) is 0 Å². The summed E-state index contributed by atoms with van der Waals surface area (Å²) >= 11 is 1.08. The van der Waals surface area contributed by atoms with E-state index < -0.39 is 0 Å². The van der Waals surface area contributed by atoms with Gasteiger partial charge in [-0.25, -0.2) is 12.1 Å². The van der Waals surface area contributed by atoms with Gasteiger partial charge in [-0.1, -0.05) is 131 Å². The Morgan fingerprint density at radius 3 is 1.45 bits per heavy atom. The monoisotopic (exact) mass is 1020 g/mol. The Kier molecular flexibility index (Phi) is 19.3. The Balaban J connectivity index is 0.000000252. The van der Waals surface area contributed by atoms with Crippen LogP contribution in [0.1, 0.15) is 126 Å². The molecule has 0 fully saturated rings. The van der Waals surface area contributed by atoms with Crippen molar-refractivity contribution in [1.29, 1.82) is 0 Å². The van der Waals surface area contributed by atoms with E-state index in [0.29, 0.717) is 0 Å². The molecule has 0 unspecified atom stereocenters. The zero-order valence-electron chi connectivity index (χ0n) is 38.2. The van der Waals surface area contributed by atoms with Gasteiger partial charge < -0.3 is 24.8 Å². The van der Waals surface area contributed by atoms with Gasteiger partial charge in [-0.15, -0.1) is 28.8 Å². The number of halogens is 2. The van der Waals surface area contributed by atoms with Gasteiger partial charge in [0.05, 0.1) is 0 Å². The second kappa shape index (κ2) is 23.6. The van der Waals surface area contributed by atoms with Crippen molar-refractivity contribution >= 4 is 3.26 Å². The fraction of sp³-hybridized carbons (Fsp3) is 0.288. The standard InChI is InChI=1S/C33H33.C21H26.C5H5.2ClH.Hf/c1-32(2,3)30-20-26-24(18-28(30)22-13-9-7-10-14-22)17-25-19-29(23-15-11-8-12-16-23)31(21-27(25)26)33(4,5)6;1-3-5-7-18-9-13-20(14-10-18)17-21-15-11-19(12-16-21)8-6-4-2;1-2-4-5-3-1;;;/h7-16,18,20-21H,17H2,1-6H3;9-16H,3-8H2,1-2H3;1-5H;2*1H;/q-1;;-1;;;+2/p-2. The third kappa shape index (κ3) is 13.3. The van der Waals surface area contributed by atoms with E-state index in [-0.39, 0.29) is 35.6 Å². The third-order valence-electron chi connectivity index (χ3n) is 11.5. The first-order valence-corrected chi connectivity index (χ1v) is 24.0. The van der Waals surface area contributed by atoms with Crippen LogP contribution in [0.15, 0.2) is 158 Å². The second-order valence-corrected chi connectivity index (χ2v) is 20.1. The minimum Gasteiger partial charge on any atom is -1.00 e. The summed E-state index contributed by atoms with van der Waals surface area (Å²) in [6.07, 6.45) is 8.47. The minimum absolute atomic E-state index is 0. The molecule has 3 heteroatoms. The molecule has 7 aromatic carbocycles. The first kappa shape index (κ1) is 50.6. The summed E-state index contributed by atoms with van der Waals surface area (Å²) in [6, 6.07) is 61.3. The summed E-state index contributed by atoms with van der Waals surface area (Å²) in [5.74, 6) is 0. The van der Waals surface area contributed by atoms with Crippen LogP contribution in [0.25, 0.3) is 33.4 Å². The summed E-state index contributed by atoms with van der Waals surface area (Å²) in [5.41, 5.74) is 19.2. The number of unbranched alkanes of at least 4 members (excludes halogenated alkanes) is 2. The molecule has 0 radical (unpaired) electrons. The summed E-state index contributed by atoms with van der Waals surface area (Å²) in [7, 11) is 0. The predicted molar refractivity (Wildman–Crippen MR) is 257 cm³/mol. The van der Waals surface area contributed by atoms with E-state index in [1.54, 1.807) is 0 Å². The molecule has 0 saturated heterocycles. The van der Waals surface area contributed by atoms with Crippen molar-refractivity contribution in [2.75, 3.05) is 0 Å². The fourth-order valence-electron chi connectivity index (χ4n) is 8.03. The number of benzene rings is 6. The van der Waals surface area contributed by atoms with Crippen molar-refractivity contribution in [2.45, 2.75) is 111 Å². The van der Waals surface area contributed by atoms with Gasteiger partial charge in [-0.05, 0) is 39.5 Å². The molecule has 0 N–H and O–H groups in total. The molecule has 1 aliphatic carbocycles.